The number of sulfonamides is 1. The molecule has 0 radical (unpaired) electrons. The quantitative estimate of drug-likeness (QED) is 0.856. The van der Waals surface area contributed by atoms with E-state index in [1.54, 1.807) is 18.2 Å². The van der Waals surface area contributed by atoms with Gasteiger partial charge in [0.15, 0.2) is 0 Å². The molecule has 1 aliphatic rings. The Morgan fingerprint density at radius 3 is 2.60 bits per heavy atom. The predicted molar refractivity (Wildman–Crippen MR) is 93.6 cm³/mol. The van der Waals surface area contributed by atoms with Gasteiger partial charge in [-0.25, -0.2) is 4.39 Å². The Morgan fingerprint density at radius 2 is 1.84 bits per heavy atom. The van der Waals surface area contributed by atoms with Crippen LogP contribution in [-0.2, 0) is 14.8 Å². The van der Waals surface area contributed by atoms with Crippen molar-refractivity contribution in [3.63, 3.8) is 0 Å². The van der Waals surface area contributed by atoms with Gasteiger partial charge >= 0.3 is 0 Å². The molecule has 8 heteroatoms. The number of hydrogen-bond acceptors (Lipinski definition) is 4. The monoisotopic (exact) mass is 361 g/mol. The number of carbonyl (C=O) groups excluding carboxylic acids is 1. The minimum Gasteiger partial charge on any atom is -0.342 e. The van der Waals surface area contributed by atoms with Crippen LogP contribution in [0.2, 0.25) is 0 Å². The Bertz CT molecular complexity index is 924. The molecule has 0 aromatic heterocycles. The molecule has 2 aromatic rings. The molecule has 130 valence electrons. The van der Waals surface area contributed by atoms with E-state index in [0.29, 0.717) is 30.1 Å². The second-order valence-electron chi connectivity index (χ2n) is 5.54. The fraction of sp³-hybridized carbons (Fsp3) is 0.176. The molecular formula is C17H16FN3O3S. The molecule has 0 fully saturated rings. The number of nitrogens with one attached hydrogen (secondary N) is 2. The van der Waals surface area contributed by atoms with Crippen LogP contribution in [0.1, 0.15) is 19.3 Å². The predicted octanol–water partition coefficient (Wildman–Crippen LogP) is 3.15. The van der Waals surface area contributed by atoms with Gasteiger partial charge in [-0.15, -0.1) is 4.40 Å². The standard InChI is InChI=1S/C17H16FN3O3S/c18-12-8-10-13(11-9-12)19-17(22)7-3-6-16-20-14-4-1-2-5-15(14)25(23,24)21-16/h1-2,4-5,8-11H,3,6-7H2,(H,19,22)(H,20,21). The van der Waals surface area contributed by atoms with E-state index in [1.807, 2.05) is 0 Å². The number of fused-ring (bicyclic) bond motifs is 1. The van der Waals surface area contributed by atoms with Crippen LogP contribution in [0.3, 0.4) is 0 Å². The first-order valence-corrected chi connectivity index (χ1v) is 9.13. The number of anilines is 2. The summed E-state index contributed by atoms with van der Waals surface area (Å²) < 4.78 is 40.8. The van der Waals surface area contributed by atoms with Gasteiger partial charge in [-0.2, -0.15) is 8.42 Å². The van der Waals surface area contributed by atoms with Gasteiger partial charge in [-0.3, -0.25) is 4.79 Å². The highest BCUT2D eigenvalue weighted by molar-refractivity contribution is 7.90. The maximum Gasteiger partial charge on any atom is 0.286 e. The van der Waals surface area contributed by atoms with Crippen LogP contribution in [0.5, 0.6) is 0 Å². The molecular weight excluding hydrogens is 345 g/mol. The molecule has 2 aromatic carbocycles. The fourth-order valence-corrected chi connectivity index (χ4v) is 3.62. The van der Waals surface area contributed by atoms with Crippen LogP contribution in [-0.4, -0.2) is 20.2 Å². The van der Waals surface area contributed by atoms with Gasteiger partial charge in [0.2, 0.25) is 5.91 Å². The number of amides is 1. The van der Waals surface area contributed by atoms with Crippen LogP contribution in [0.25, 0.3) is 0 Å². The molecule has 1 heterocycles. The summed E-state index contributed by atoms with van der Waals surface area (Å²) in [7, 11) is -3.71. The lowest BCUT2D eigenvalue weighted by atomic mass is 10.2. The molecule has 6 nitrogen and oxygen atoms in total. The molecule has 3 rings (SSSR count). The summed E-state index contributed by atoms with van der Waals surface area (Å²) in [6.07, 6.45) is 0.945. The van der Waals surface area contributed by atoms with Crippen molar-refractivity contribution in [2.24, 2.45) is 4.40 Å². The van der Waals surface area contributed by atoms with Crippen molar-refractivity contribution in [3.8, 4) is 0 Å². The topological polar surface area (TPSA) is 87.6 Å². The van der Waals surface area contributed by atoms with Crippen molar-refractivity contribution in [3.05, 3.63) is 54.3 Å². The van der Waals surface area contributed by atoms with Gasteiger partial charge in [0.1, 0.15) is 16.5 Å². The zero-order valence-electron chi connectivity index (χ0n) is 13.2. The van der Waals surface area contributed by atoms with Crippen LogP contribution in [0, 0.1) is 5.82 Å². The number of carbonyl (C=O) groups is 1. The van der Waals surface area contributed by atoms with Gasteiger partial charge in [0.05, 0.1) is 5.69 Å². The minimum atomic E-state index is -3.71. The number of benzene rings is 2. The van der Waals surface area contributed by atoms with Gasteiger partial charge < -0.3 is 10.6 Å². The van der Waals surface area contributed by atoms with Crippen molar-refractivity contribution in [1.29, 1.82) is 0 Å². The van der Waals surface area contributed by atoms with E-state index < -0.39 is 10.0 Å². The van der Waals surface area contributed by atoms with Crippen molar-refractivity contribution in [2.45, 2.75) is 24.2 Å². The molecule has 0 aliphatic carbocycles. The molecule has 0 saturated carbocycles. The van der Waals surface area contributed by atoms with Gasteiger partial charge in [-0.05, 0) is 42.8 Å². The first-order valence-electron chi connectivity index (χ1n) is 7.69. The van der Waals surface area contributed by atoms with Crippen LogP contribution < -0.4 is 10.6 Å². The number of nitrogens with zero attached hydrogens (tertiary/aromatic N) is 1. The van der Waals surface area contributed by atoms with E-state index in [-0.39, 0.29) is 23.0 Å². The fourth-order valence-electron chi connectivity index (χ4n) is 2.45. The van der Waals surface area contributed by atoms with Crippen LogP contribution >= 0.6 is 0 Å². The molecule has 0 atom stereocenters. The zero-order chi connectivity index (χ0) is 17.9. The number of rotatable bonds is 5. The number of para-hydroxylation sites is 1. The summed E-state index contributed by atoms with van der Waals surface area (Å²) >= 11 is 0. The second-order valence-corrected chi connectivity index (χ2v) is 7.12. The SMILES string of the molecule is O=C(CCCC1=NS(=O)(=O)c2ccccc2N1)Nc1ccc(F)cc1. The number of halogens is 1. The first-order chi connectivity index (χ1) is 11.9. The van der Waals surface area contributed by atoms with Gasteiger partial charge in [-0.1, -0.05) is 12.1 Å². The third-order valence-corrected chi connectivity index (χ3v) is 4.99. The molecule has 0 unspecified atom stereocenters. The third kappa shape index (κ3) is 4.21. The molecule has 2 N–H and O–H groups in total. The Kier molecular flexibility index (Phi) is 4.80. The maximum atomic E-state index is 12.8. The summed E-state index contributed by atoms with van der Waals surface area (Å²) in [5, 5.41) is 5.63. The van der Waals surface area contributed by atoms with Crippen LogP contribution in [0.4, 0.5) is 15.8 Å². The lowest BCUT2D eigenvalue weighted by Crippen LogP contribution is -2.22. The largest absolute Gasteiger partial charge is 0.342 e. The molecule has 1 amide bonds. The summed E-state index contributed by atoms with van der Waals surface area (Å²) in [6, 6.07) is 12.0. The summed E-state index contributed by atoms with van der Waals surface area (Å²) in [5.74, 6) is -0.291. The average Bonchev–Trinajstić information content (AvgIpc) is 2.56. The number of hydrogen-bond donors (Lipinski definition) is 2. The highest BCUT2D eigenvalue weighted by Gasteiger charge is 2.23. The zero-order valence-corrected chi connectivity index (χ0v) is 14.0. The molecule has 0 bridgehead atoms. The molecule has 1 aliphatic heterocycles. The van der Waals surface area contributed by atoms with Crippen LogP contribution in [0.15, 0.2) is 57.8 Å². The van der Waals surface area contributed by atoms with E-state index in [0.717, 1.165) is 0 Å². The minimum absolute atomic E-state index is 0.146. The Labute approximate surface area is 144 Å². The summed E-state index contributed by atoms with van der Waals surface area (Å²) in [6.45, 7) is 0. The van der Waals surface area contributed by atoms with Crippen molar-refractivity contribution >= 4 is 33.1 Å². The Balaban J connectivity index is 1.55. The van der Waals surface area contributed by atoms with Crippen molar-refractivity contribution in [2.75, 3.05) is 10.6 Å². The second kappa shape index (κ2) is 7.02. The highest BCUT2D eigenvalue weighted by Crippen LogP contribution is 2.27. The first kappa shape index (κ1) is 17.1. The van der Waals surface area contributed by atoms with E-state index >= 15 is 0 Å². The lowest BCUT2D eigenvalue weighted by molar-refractivity contribution is -0.116. The summed E-state index contributed by atoms with van der Waals surface area (Å²) in [5.41, 5.74) is 0.999. The lowest BCUT2D eigenvalue weighted by Gasteiger charge is -2.17. The average molecular weight is 361 g/mol. The van der Waals surface area contributed by atoms with Gasteiger partial charge in [0.25, 0.3) is 10.0 Å². The highest BCUT2D eigenvalue weighted by atomic mass is 32.2. The Morgan fingerprint density at radius 1 is 1.12 bits per heavy atom. The van der Waals surface area contributed by atoms with E-state index in [2.05, 4.69) is 15.0 Å². The molecule has 0 spiro atoms. The third-order valence-electron chi connectivity index (χ3n) is 3.62. The Hall–Kier alpha value is -2.74. The van der Waals surface area contributed by atoms with E-state index in [4.69, 9.17) is 0 Å². The maximum absolute atomic E-state index is 12.8. The van der Waals surface area contributed by atoms with Gasteiger partial charge in [0, 0.05) is 18.5 Å². The van der Waals surface area contributed by atoms with Crippen molar-refractivity contribution in [1.82, 2.24) is 0 Å². The van der Waals surface area contributed by atoms with Crippen molar-refractivity contribution < 1.29 is 17.6 Å². The normalized spacial score (nSPS) is 14.8. The van der Waals surface area contributed by atoms with E-state index in [9.17, 15) is 17.6 Å². The van der Waals surface area contributed by atoms with E-state index in [1.165, 1.54) is 30.3 Å². The summed E-state index contributed by atoms with van der Waals surface area (Å²) in [4.78, 5) is 12.0. The molecule has 0 saturated heterocycles. The molecule has 25 heavy (non-hydrogen) atoms. The number of amidine groups is 1. The smallest absolute Gasteiger partial charge is 0.286 e.